The van der Waals surface area contributed by atoms with Gasteiger partial charge in [-0.05, 0) is 43.5 Å². The summed E-state index contributed by atoms with van der Waals surface area (Å²) in [4.78, 5) is 35.9. The average molecular weight is 375 g/mol. The molecule has 0 saturated heterocycles. The van der Waals surface area contributed by atoms with E-state index in [0.29, 0.717) is 30.3 Å². The molecule has 0 aliphatic rings. The molecule has 2 amide bonds. The van der Waals surface area contributed by atoms with Gasteiger partial charge in [0.1, 0.15) is 0 Å². The highest BCUT2D eigenvalue weighted by Gasteiger charge is 2.11. The Hall–Kier alpha value is -2.41. The minimum absolute atomic E-state index is 0.0526. The summed E-state index contributed by atoms with van der Waals surface area (Å²) in [6.07, 6.45) is 0.216. The molecule has 1 aromatic heterocycles. The predicted octanol–water partition coefficient (Wildman–Crippen LogP) is 2.94. The third kappa shape index (κ3) is 5.29. The van der Waals surface area contributed by atoms with Crippen molar-refractivity contribution in [2.45, 2.75) is 40.7 Å². The summed E-state index contributed by atoms with van der Waals surface area (Å²) >= 11 is 1.14. The Morgan fingerprint density at radius 2 is 1.96 bits per heavy atom. The number of hydrogen-bond donors (Lipinski definition) is 2. The first kappa shape index (κ1) is 19.9. The van der Waals surface area contributed by atoms with Crippen LogP contribution >= 0.6 is 11.3 Å². The summed E-state index contributed by atoms with van der Waals surface area (Å²) in [5, 5.41) is 7.51. The number of thiazole rings is 1. The minimum Gasteiger partial charge on any atom is -0.352 e. The second-order valence-electron chi connectivity index (χ2n) is 6.73. The smallest absolute Gasteiger partial charge is 0.307 e. The Kier molecular flexibility index (Phi) is 6.74. The molecule has 0 saturated carbocycles. The first-order valence-electron chi connectivity index (χ1n) is 8.61. The number of nitrogens with one attached hydrogen (secondary N) is 2. The molecular weight excluding hydrogens is 350 g/mol. The Balaban J connectivity index is 1.95. The molecule has 1 aromatic carbocycles. The normalized spacial score (nSPS) is 10.8. The van der Waals surface area contributed by atoms with Crippen molar-refractivity contribution in [2.75, 3.05) is 11.9 Å². The van der Waals surface area contributed by atoms with Crippen molar-refractivity contribution in [3.63, 3.8) is 0 Å². The highest BCUT2D eigenvalue weighted by Crippen LogP contribution is 2.17. The molecule has 0 unspecified atom stereocenters. The van der Waals surface area contributed by atoms with Crippen LogP contribution in [0.2, 0.25) is 0 Å². The van der Waals surface area contributed by atoms with E-state index in [1.807, 2.05) is 27.7 Å². The number of carbonyl (C=O) groups excluding carboxylic acids is 2. The zero-order chi connectivity index (χ0) is 19.3. The molecule has 1 heterocycles. The molecule has 0 fully saturated rings. The highest BCUT2D eigenvalue weighted by atomic mass is 32.1. The molecule has 0 atom stereocenters. The fourth-order valence-electron chi connectivity index (χ4n) is 2.44. The quantitative estimate of drug-likeness (QED) is 0.781. The Morgan fingerprint density at radius 1 is 1.23 bits per heavy atom. The maximum absolute atomic E-state index is 12.2. The topological polar surface area (TPSA) is 80.2 Å². The van der Waals surface area contributed by atoms with Gasteiger partial charge in [0.15, 0.2) is 0 Å². The van der Waals surface area contributed by atoms with Crippen LogP contribution < -0.4 is 15.5 Å². The SMILES string of the molecule is Cc1cc(C(=O)NCC(C)C)ccc1NC(=O)CCn1c(C)csc1=O. The number of aryl methyl sites for hydroxylation is 2. The number of nitrogens with zero attached hydrogens (tertiary/aromatic N) is 1. The van der Waals surface area contributed by atoms with Crippen molar-refractivity contribution in [3.8, 4) is 0 Å². The number of hydrogen-bond acceptors (Lipinski definition) is 4. The minimum atomic E-state index is -0.164. The maximum atomic E-state index is 12.2. The van der Waals surface area contributed by atoms with Crippen LogP contribution in [0.5, 0.6) is 0 Å². The summed E-state index contributed by atoms with van der Waals surface area (Å²) in [5.41, 5.74) is 2.92. The molecule has 0 aliphatic carbocycles. The van der Waals surface area contributed by atoms with Crippen molar-refractivity contribution in [1.29, 1.82) is 0 Å². The number of anilines is 1. The van der Waals surface area contributed by atoms with Gasteiger partial charge in [-0.15, -0.1) is 0 Å². The van der Waals surface area contributed by atoms with Crippen molar-refractivity contribution in [2.24, 2.45) is 5.92 Å². The molecule has 6 nitrogen and oxygen atoms in total. The average Bonchev–Trinajstić information content (AvgIpc) is 2.90. The summed E-state index contributed by atoms with van der Waals surface area (Å²) in [6.45, 7) is 8.75. The first-order valence-corrected chi connectivity index (χ1v) is 9.49. The van der Waals surface area contributed by atoms with Gasteiger partial charge in [-0.2, -0.15) is 0 Å². The molecule has 140 valence electrons. The van der Waals surface area contributed by atoms with Crippen molar-refractivity contribution in [3.05, 3.63) is 50.1 Å². The van der Waals surface area contributed by atoms with Gasteiger partial charge < -0.3 is 15.2 Å². The van der Waals surface area contributed by atoms with Crippen molar-refractivity contribution >= 4 is 28.8 Å². The third-order valence-corrected chi connectivity index (χ3v) is 4.85. The Labute approximate surface area is 157 Å². The number of rotatable bonds is 7. The lowest BCUT2D eigenvalue weighted by Gasteiger charge is -2.12. The molecule has 2 aromatic rings. The van der Waals surface area contributed by atoms with Gasteiger partial charge in [0.2, 0.25) is 5.91 Å². The van der Waals surface area contributed by atoms with E-state index in [1.54, 1.807) is 28.1 Å². The molecule has 26 heavy (non-hydrogen) atoms. The van der Waals surface area contributed by atoms with Crippen LogP contribution in [-0.4, -0.2) is 22.9 Å². The summed E-state index contributed by atoms with van der Waals surface area (Å²) < 4.78 is 1.60. The van der Waals surface area contributed by atoms with Gasteiger partial charge in [0.05, 0.1) is 0 Å². The zero-order valence-corrected chi connectivity index (χ0v) is 16.4. The molecule has 0 radical (unpaired) electrons. The molecule has 0 spiro atoms. The molecule has 7 heteroatoms. The van der Waals surface area contributed by atoms with E-state index in [2.05, 4.69) is 10.6 Å². The molecule has 0 aliphatic heterocycles. The number of aromatic nitrogens is 1. The zero-order valence-electron chi connectivity index (χ0n) is 15.6. The van der Waals surface area contributed by atoms with Crippen molar-refractivity contribution in [1.82, 2.24) is 9.88 Å². The number of carbonyl (C=O) groups is 2. The lowest BCUT2D eigenvalue weighted by Crippen LogP contribution is -2.27. The third-order valence-electron chi connectivity index (χ3n) is 3.97. The monoisotopic (exact) mass is 375 g/mol. The van der Waals surface area contributed by atoms with Crippen LogP contribution in [0.3, 0.4) is 0 Å². The van der Waals surface area contributed by atoms with Gasteiger partial charge in [-0.1, -0.05) is 25.2 Å². The Bertz CT molecular complexity index is 852. The van der Waals surface area contributed by atoms with E-state index < -0.39 is 0 Å². The highest BCUT2D eigenvalue weighted by molar-refractivity contribution is 7.07. The fraction of sp³-hybridized carbons (Fsp3) is 0.421. The largest absolute Gasteiger partial charge is 0.352 e. The van der Waals surface area contributed by atoms with Gasteiger partial charge >= 0.3 is 4.87 Å². The van der Waals surface area contributed by atoms with E-state index in [4.69, 9.17) is 0 Å². The summed E-state index contributed by atoms with van der Waals surface area (Å²) in [7, 11) is 0. The molecule has 0 bridgehead atoms. The molecule has 2 rings (SSSR count). The lowest BCUT2D eigenvalue weighted by atomic mass is 10.1. The fourth-order valence-corrected chi connectivity index (χ4v) is 3.21. The second-order valence-corrected chi connectivity index (χ2v) is 7.55. The van der Waals surface area contributed by atoms with Gasteiger partial charge in [-0.3, -0.25) is 14.4 Å². The van der Waals surface area contributed by atoms with Gasteiger partial charge in [0, 0.05) is 41.8 Å². The van der Waals surface area contributed by atoms with Crippen LogP contribution in [-0.2, 0) is 11.3 Å². The maximum Gasteiger partial charge on any atom is 0.307 e. The van der Waals surface area contributed by atoms with E-state index in [0.717, 1.165) is 22.6 Å². The second kappa shape index (κ2) is 8.80. The molecule has 2 N–H and O–H groups in total. The van der Waals surface area contributed by atoms with Crippen LogP contribution in [0.15, 0.2) is 28.4 Å². The summed E-state index contributed by atoms with van der Waals surface area (Å²) in [6, 6.07) is 5.20. The summed E-state index contributed by atoms with van der Waals surface area (Å²) in [5.74, 6) is 0.104. The van der Waals surface area contributed by atoms with Crippen LogP contribution in [0.4, 0.5) is 5.69 Å². The lowest BCUT2D eigenvalue weighted by molar-refractivity contribution is -0.116. The van der Waals surface area contributed by atoms with Crippen molar-refractivity contribution < 1.29 is 9.59 Å². The van der Waals surface area contributed by atoms with E-state index in [1.165, 1.54) is 0 Å². The van der Waals surface area contributed by atoms with Crippen LogP contribution in [0.1, 0.15) is 41.9 Å². The number of amides is 2. The standard InChI is InChI=1S/C19H25N3O3S/c1-12(2)10-20-18(24)15-5-6-16(13(3)9-15)21-17(23)7-8-22-14(4)11-26-19(22)25/h5-6,9,11-12H,7-8,10H2,1-4H3,(H,20,24)(H,21,23). The first-order chi connectivity index (χ1) is 12.3. The van der Waals surface area contributed by atoms with Gasteiger partial charge in [0.25, 0.3) is 5.91 Å². The van der Waals surface area contributed by atoms with E-state index >= 15 is 0 Å². The predicted molar refractivity (Wildman–Crippen MR) is 105 cm³/mol. The van der Waals surface area contributed by atoms with E-state index in [9.17, 15) is 14.4 Å². The van der Waals surface area contributed by atoms with Crippen LogP contribution in [0, 0.1) is 19.8 Å². The molecular formula is C19H25N3O3S. The number of benzene rings is 1. The van der Waals surface area contributed by atoms with Crippen LogP contribution in [0.25, 0.3) is 0 Å². The van der Waals surface area contributed by atoms with Gasteiger partial charge in [-0.25, -0.2) is 0 Å². The Morgan fingerprint density at radius 3 is 2.54 bits per heavy atom. The van der Waals surface area contributed by atoms with E-state index in [-0.39, 0.29) is 23.1 Å².